The van der Waals surface area contributed by atoms with Gasteiger partial charge in [0.05, 0.1) is 22.5 Å². The maximum absolute atomic E-state index is 12.5. The molecule has 0 aromatic heterocycles. The number of hydrogen-bond acceptors (Lipinski definition) is 9. The van der Waals surface area contributed by atoms with Crippen LogP contribution in [-0.4, -0.2) is 57.3 Å². The number of benzene rings is 2. The van der Waals surface area contributed by atoms with Crippen LogP contribution >= 0.6 is 0 Å². The van der Waals surface area contributed by atoms with Crippen LogP contribution in [0.25, 0.3) is 0 Å². The smallest absolute Gasteiger partial charge is 0.410 e. The number of alkyl carbamates (subject to hydrolysis) is 1. The number of nitro groups is 2. The first-order valence-electron chi connectivity index (χ1n) is 11.2. The molecular weight excluding hydrogens is 476 g/mol. The molecule has 2 amide bonds. The Kier molecular flexibility index (Phi) is 9.11. The molecule has 2 atom stereocenters. The summed E-state index contributed by atoms with van der Waals surface area (Å²) in [6.45, 7) is 0.331. The fourth-order valence-electron chi connectivity index (χ4n) is 3.77. The maximum atomic E-state index is 12.5. The Hall–Kier alpha value is -4.26. The molecule has 1 aliphatic rings. The van der Waals surface area contributed by atoms with Gasteiger partial charge in [0, 0.05) is 36.9 Å². The molecule has 2 N–H and O–H groups in total. The standard InChI is InChI=1S/C23H26N4O9/c28-21-12-20(25(13-21)23(30)36-15-17-5-9-19(10-6-17)27(33)34)2-1-11-24-22(29)35-14-16-3-7-18(8-4-16)26(31)32/h3-10,20-21,28H,1-2,11-15H2,(H,24,29)/t20-,21-/m1/s1. The summed E-state index contributed by atoms with van der Waals surface area (Å²) >= 11 is 0. The second-order valence-corrected chi connectivity index (χ2v) is 8.24. The minimum atomic E-state index is -0.679. The molecule has 3 rings (SSSR count). The van der Waals surface area contributed by atoms with Gasteiger partial charge in [-0.15, -0.1) is 0 Å². The van der Waals surface area contributed by atoms with E-state index in [9.17, 15) is 34.9 Å². The second-order valence-electron chi connectivity index (χ2n) is 8.24. The number of non-ortho nitro benzene ring substituents is 2. The van der Waals surface area contributed by atoms with Crippen LogP contribution in [0.1, 0.15) is 30.4 Å². The summed E-state index contributed by atoms with van der Waals surface area (Å²) in [6, 6.07) is 11.1. The highest BCUT2D eigenvalue weighted by atomic mass is 16.6. The third-order valence-electron chi connectivity index (χ3n) is 5.64. The van der Waals surface area contributed by atoms with Gasteiger partial charge in [0.2, 0.25) is 0 Å². The third-order valence-corrected chi connectivity index (χ3v) is 5.64. The first-order valence-corrected chi connectivity index (χ1v) is 11.2. The summed E-state index contributed by atoms with van der Waals surface area (Å²) in [5, 5.41) is 34.0. The predicted molar refractivity (Wildman–Crippen MR) is 125 cm³/mol. The van der Waals surface area contributed by atoms with Gasteiger partial charge in [-0.25, -0.2) is 9.59 Å². The SMILES string of the molecule is O=C(NCCC[C@@H]1C[C@@H](O)CN1C(=O)OCc1ccc([N+](=O)[O-])cc1)OCc1ccc([N+](=O)[O-])cc1. The summed E-state index contributed by atoms with van der Waals surface area (Å²) < 4.78 is 10.4. The highest BCUT2D eigenvalue weighted by Crippen LogP contribution is 2.23. The molecule has 13 nitrogen and oxygen atoms in total. The van der Waals surface area contributed by atoms with Crippen LogP contribution in [0.5, 0.6) is 0 Å². The first kappa shape index (κ1) is 26.3. The van der Waals surface area contributed by atoms with Gasteiger partial charge < -0.3 is 24.8 Å². The quantitative estimate of drug-likeness (QED) is 0.280. The van der Waals surface area contributed by atoms with Crippen molar-refractivity contribution in [3.63, 3.8) is 0 Å². The molecule has 1 heterocycles. The van der Waals surface area contributed by atoms with E-state index >= 15 is 0 Å². The Labute approximate surface area is 205 Å². The molecule has 0 saturated carbocycles. The lowest BCUT2D eigenvalue weighted by atomic mass is 10.1. The summed E-state index contributed by atoms with van der Waals surface area (Å²) in [6.07, 6.45) is -0.481. The number of β-amino-alcohol motifs (C(OH)–C–C–N with tert-alkyl or cyclic N) is 1. The minimum absolute atomic E-state index is 0.0347. The third kappa shape index (κ3) is 7.63. The minimum Gasteiger partial charge on any atom is -0.445 e. The summed E-state index contributed by atoms with van der Waals surface area (Å²) in [5.74, 6) is 0. The normalized spacial score (nSPS) is 16.9. The van der Waals surface area contributed by atoms with E-state index in [-0.39, 0.29) is 43.7 Å². The van der Waals surface area contributed by atoms with Crippen molar-refractivity contribution in [3.05, 3.63) is 79.9 Å². The zero-order valence-electron chi connectivity index (χ0n) is 19.3. The molecule has 192 valence electrons. The number of aliphatic hydroxyl groups excluding tert-OH is 1. The number of ether oxygens (including phenoxy) is 2. The van der Waals surface area contributed by atoms with Crippen LogP contribution in [0.3, 0.4) is 0 Å². The number of carbonyl (C=O) groups excluding carboxylic acids is 2. The van der Waals surface area contributed by atoms with Gasteiger partial charge in [-0.2, -0.15) is 0 Å². The van der Waals surface area contributed by atoms with E-state index in [1.165, 1.54) is 53.4 Å². The number of nitrogens with zero attached hydrogens (tertiary/aromatic N) is 3. The zero-order chi connectivity index (χ0) is 26.1. The lowest BCUT2D eigenvalue weighted by Crippen LogP contribution is -2.37. The van der Waals surface area contributed by atoms with Crippen molar-refractivity contribution in [1.29, 1.82) is 0 Å². The van der Waals surface area contributed by atoms with E-state index in [0.717, 1.165) is 0 Å². The summed E-state index contributed by atoms with van der Waals surface area (Å²) in [7, 11) is 0. The topological polar surface area (TPSA) is 174 Å². The van der Waals surface area contributed by atoms with E-state index < -0.39 is 28.1 Å². The van der Waals surface area contributed by atoms with Gasteiger partial charge >= 0.3 is 12.2 Å². The molecule has 0 aliphatic carbocycles. The lowest BCUT2D eigenvalue weighted by Gasteiger charge is -2.23. The number of carbonyl (C=O) groups is 2. The van der Waals surface area contributed by atoms with Crippen LogP contribution in [0.4, 0.5) is 21.0 Å². The van der Waals surface area contributed by atoms with Crippen molar-refractivity contribution in [2.24, 2.45) is 0 Å². The molecule has 13 heteroatoms. The Morgan fingerprint density at radius 3 is 2.00 bits per heavy atom. The number of likely N-dealkylation sites (tertiary alicyclic amines) is 1. The van der Waals surface area contributed by atoms with Gasteiger partial charge in [0.15, 0.2) is 0 Å². The first-order chi connectivity index (χ1) is 17.2. The van der Waals surface area contributed by atoms with Crippen LogP contribution in [0, 0.1) is 20.2 Å². The number of amides is 2. The molecule has 2 aromatic carbocycles. The molecular formula is C23H26N4O9. The van der Waals surface area contributed by atoms with Crippen LogP contribution in [0.2, 0.25) is 0 Å². The number of nitro benzene ring substituents is 2. The molecule has 2 aromatic rings. The van der Waals surface area contributed by atoms with Gasteiger partial charge in [-0.1, -0.05) is 0 Å². The highest BCUT2D eigenvalue weighted by Gasteiger charge is 2.34. The average Bonchev–Trinajstić information content (AvgIpc) is 3.24. The van der Waals surface area contributed by atoms with Crippen molar-refractivity contribution in [3.8, 4) is 0 Å². The van der Waals surface area contributed by atoms with Gasteiger partial charge in [0.25, 0.3) is 11.4 Å². The number of rotatable bonds is 10. The summed E-state index contributed by atoms with van der Waals surface area (Å²) in [5.41, 5.74) is 1.10. The molecule has 1 saturated heterocycles. The second kappa shape index (κ2) is 12.4. The van der Waals surface area contributed by atoms with E-state index in [4.69, 9.17) is 9.47 Å². The average molecular weight is 502 g/mol. The molecule has 0 radical (unpaired) electrons. The molecule has 1 aliphatic heterocycles. The van der Waals surface area contributed by atoms with Crippen LogP contribution < -0.4 is 5.32 Å². The van der Waals surface area contributed by atoms with Gasteiger partial charge in [-0.05, 0) is 54.7 Å². The van der Waals surface area contributed by atoms with Gasteiger partial charge in [-0.3, -0.25) is 20.2 Å². The van der Waals surface area contributed by atoms with Crippen molar-refractivity contribution >= 4 is 23.6 Å². The van der Waals surface area contributed by atoms with E-state index in [2.05, 4.69) is 5.32 Å². The molecule has 0 spiro atoms. The number of aliphatic hydroxyl groups is 1. The Morgan fingerprint density at radius 2 is 1.47 bits per heavy atom. The van der Waals surface area contributed by atoms with Crippen LogP contribution in [0.15, 0.2) is 48.5 Å². The molecule has 0 bridgehead atoms. The number of nitrogens with one attached hydrogen (secondary N) is 1. The zero-order valence-corrected chi connectivity index (χ0v) is 19.3. The van der Waals surface area contributed by atoms with E-state index in [1.807, 2.05) is 0 Å². The predicted octanol–water partition coefficient (Wildman–Crippen LogP) is 3.28. The van der Waals surface area contributed by atoms with E-state index in [1.54, 1.807) is 0 Å². The Morgan fingerprint density at radius 1 is 0.944 bits per heavy atom. The largest absolute Gasteiger partial charge is 0.445 e. The van der Waals surface area contributed by atoms with Crippen molar-refractivity contribution in [2.75, 3.05) is 13.1 Å². The summed E-state index contributed by atoms with van der Waals surface area (Å²) in [4.78, 5) is 46.2. The van der Waals surface area contributed by atoms with Gasteiger partial charge in [0.1, 0.15) is 13.2 Å². The van der Waals surface area contributed by atoms with E-state index in [0.29, 0.717) is 30.4 Å². The molecule has 36 heavy (non-hydrogen) atoms. The fraction of sp³-hybridized carbons (Fsp3) is 0.391. The fourth-order valence-corrected chi connectivity index (χ4v) is 3.77. The van der Waals surface area contributed by atoms with Crippen LogP contribution in [-0.2, 0) is 22.7 Å². The maximum Gasteiger partial charge on any atom is 0.410 e. The number of hydrogen-bond donors (Lipinski definition) is 2. The Balaban J connectivity index is 1.37. The van der Waals surface area contributed by atoms with Crippen molar-refractivity contribution < 1.29 is 34.0 Å². The van der Waals surface area contributed by atoms with Crippen molar-refractivity contribution in [2.45, 2.75) is 44.6 Å². The lowest BCUT2D eigenvalue weighted by molar-refractivity contribution is -0.385. The monoisotopic (exact) mass is 502 g/mol. The highest BCUT2D eigenvalue weighted by molar-refractivity contribution is 5.68. The Bertz CT molecular complexity index is 1080. The molecule has 0 unspecified atom stereocenters. The van der Waals surface area contributed by atoms with Crippen molar-refractivity contribution in [1.82, 2.24) is 10.2 Å². The molecule has 1 fully saturated rings.